The molecule has 2 atom stereocenters. The number of furan rings is 1. The summed E-state index contributed by atoms with van der Waals surface area (Å²) in [4.78, 5) is 19.7. The molecule has 0 aliphatic heterocycles. The van der Waals surface area contributed by atoms with E-state index in [2.05, 4.69) is 9.97 Å². The van der Waals surface area contributed by atoms with Crippen molar-refractivity contribution in [2.24, 2.45) is 5.92 Å². The SMILES string of the molecule is Cc1cc(-c2ccc(C)o2)nc(C2CC2C(=O)O)n1. The molecule has 1 aliphatic rings. The van der Waals surface area contributed by atoms with Crippen LogP contribution in [-0.2, 0) is 4.79 Å². The zero-order valence-electron chi connectivity index (χ0n) is 10.8. The highest BCUT2D eigenvalue weighted by atomic mass is 16.4. The number of hydrogen-bond acceptors (Lipinski definition) is 4. The smallest absolute Gasteiger partial charge is 0.307 e. The molecule has 0 radical (unpaired) electrons. The van der Waals surface area contributed by atoms with Gasteiger partial charge in [-0.2, -0.15) is 0 Å². The van der Waals surface area contributed by atoms with E-state index in [1.54, 1.807) is 0 Å². The zero-order chi connectivity index (χ0) is 13.6. The summed E-state index contributed by atoms with van der Waals surface area (Å²) in [7, 11) is 0. The van der Waals surface area contributed by atoms with Crippen LogP contribution in [0.15, 0.2) is 22.6 Å². The first-order chi connectivity index (χ1) is 9.04. The first-order valence-electron chi connectivity index (χ1n) is 6.20. The highest BCUT2D eigenvalue weighted by Gasteiger charge is 2.46. The van der Waals surface area contributed by atoms with Crippen molar-refractivity contribution in [3.8, 4) is 11.5 Å². The summed E-state index contributed by atoms with van der Waals surface area (Å²) in [6, 6.07) is 5.59. The van der Waals surface area contributed by atoms with Gasteiger partial charge in [-0.1, -0.05) is 0 Å². The molecule has 1 fully saturated rings. The number of hydrogen-bond donors (Lipinski definition) is 1. The average Bonchev–Trinajstić information content (AvgIpc) is 3.05. The first kappa shape index (κ1) is 11.9. The number of carboxylic acid groups (broad SMARTS) is 1. The molecule has 0 aromatic carbocycles. The van der Waals surface area contributed by atoms with Crippen molar-refractivity contribution in [2.75, 3.05) is 0 Å². The van der Waals surface area contributed by atoms with E-state index in [4.69, 9.17) is 9.52 Å². The van der Waals surface area contributed by atoms with Gasteiger partial charge in [0.1, 0.15) is 17.3 Å². The third-order valence-electron chi connectivity index (χ3n) is 3.30. The van der Waals surface area contributed by atoms with Crippen LogP contribution >= 0.6 is 0 Å². The average molecular weight is 258 g/mol. The number of nitrogens with zero attached hydrogens (tertiary/aromatic N) is 2. The maximum Gasteiger partial charge on any atom is 0.307 e. The molecule has 0 amide bonds. The van der Waals surface area contributed by atoms with Gasteiger partial charge in [-0.25, -0.2) is 9.97 Å². The Morgan fingerprint density at radius 2 is 2.16 bits per heavy atom. The molecular formula is C14H14N2O3. The molecule has 2 aromatic rings. The third kappa shape index (κ3) is 2.23. The lowest BCUT2D eigenvalue weighted by Gasteiger charge is -2.03. The maximum absolute atomic E-state index is 10.9. The molecular weight excluding hydrogens is 244 g/mol. The minimum absolute atomic E-state index is 0.0628. The topological polar surface area (TPSA) is 76.2 Å². The van der Waals surface area contributed by atoms with E-state index in [9.17, 15) is 4.79 Å². The number of aliphatic carboxylic acids is 1. The van der Waals surface area contributed by atoms with E-state index in [0.29, 0.717) is 23.7 Å². The van der Waals surface area contributed by atoms with Gasteiger partial charge in [-0.05, 0) is 38.5 Å². The molecule has 0 saturated heterocycles. The van der Waals surface area contributed by atoms with Crippen molar-refractivity contribution in [1.29, 1.82) is 0 Å². The molecule has 0 bridgehead atoms. The van der Waals surface area contributed by atoms with E-state index < -0.39 is 5.97 Å². The quantitative estimate of drug-likeness (QED) is 0.915. The normalized spacial score (nSPS) is 21.4. The highest BCUT2D eigenvalue weighted by molar-refractivity contribution is 5.74. The van der Waals surface area contributed by atoms with E-state index in [-0.39, 0.29) is 11.8 Å². The first-order valence-corrected chi connectivity index (χ1v) is 6.20. The number of aromatic nitrogens is 2. The summed E-state index contributed by atoms with van der Waals surface area (Å²) in [5.41, 5.74) is 1.54. The fraction of sp³-hybridized carbons (Fsp3) is 0.357. The Kier molecular flexibility index (Phi) is 2.62. The lowest BCUT2D eigenvalue weighted by Crippen LogP contribution is -2.03. The van der Waals surface area contributed by atoms with Crippen LogP contribution in [0, 0.1) is 19.8 Å². The van der Waals surface area contributed by atoms with Crippen molar-refractivity contribution in [1.82, 2.24) is 9.97 Å². The van der Waals surface area contributed by atoms with Crippen molar-refractivity contribution < 1.29 is 14.3 Å². The number of aryl methyl sites for hydroxylation is 2. The number of carbonyl (C=O) groups is 1. The van der Waals surface area contributed by atoms with Crippen LogP contribution in [0.2, 0.25) is 0 Å². The fourth-order valence-corrected chi connectivity index (χ4v) is 2.21. The molecule has 19 heavy (non-hydrogen) atoms. The van der Waals surface area contributed by atoms with E-state index in [0.717, 1.165) is 11.5 Å². The molecule has 5 heteroatoms. The molecule has 2 unspecified atom stereocenters. The Balaban J connectivity index is 1.95. The number of carboxylic acids is 1. The van der Waals surface area contributed by atoms with Crippen molar-refractivity contribution >= 4 is 5.97 Å². The van der Waals surface area contributed by atoms with Gasteiger partial charge in [0.25, 0.3) is 0 Å². The molecule has 5 nitrogen and oxygen atoms in total. The summed E-state index contributed by atoms with van der Waals surface area (Å²) in [5, 5.41) is 8.97. The second-order valence-electron chi connectivity index (χ2n) is 4.95. The standard InChI is InChI=1S/C14H14N2O3/c1-7-5-11(12-4-3-8(2)19-12)16-13(15-7)9-6-10(9)14(17)18/h3-5,9-10H,6H2,1-2H3,(H,17,18). The summed E-state index contributed by atoms with van der Waals surface area (Å²) in [6.07, 6.45) is 0.620. The summed E-state index contributed by atoms with van der Waals surface area (Å²) < 4.78 is 5.55. The van der Waals surface area contributed by atoms with Gasteiger partial charge >= 0.3 is 5.97 Å². The van der Waals surface area contributed by atoms with Gasteiger partial charge in [-0.15, -0.1) is 0 Å². The van der Waals surface area contributed by atoms with E-state index in [1.807, 2.05) is 32.0 Å². The van der Waals surface area contributed by atoms with Gasteiger partial charge in [0.05, 0.1) is 5.92 Å². The Morgan fingerprint density at radius 3 is 2.74 bits per heavy atom. The lowest BCUT2D eigenvalue weighted by molar-refractivity contribution is -0.138. The van der Waals surface area contributed by atoms with Gasteiger partial charge in [0, 0.05) is 11.6 Å². The molecule has 1 saturated carbocycles. The minimum Gasteiger partial charge on any atom is -0.481 e. The summed E-state index contributed by atoms with van der Waals surface area (Å²) >= 11 is 0. The zero-order valence-corrected chi connectivity index (χ0v) is 10.8. The molecule has 3 rings (SSSR count). The Morgan fingerprint density at radius 1 is 1.37 bits per heavy atom. The minimum atomic E-state index is -0.773. The second kappa shape index (κ2) is 4.19. The maximum atomic E-state index is 10.9. The van der Waals surface area contributed by atoms with Crippen LogP contribution in [0.4, 0.5) is 0 Å². The molecule has 1 N–H and O–H groups in total. The fourth-order valence-electron chi connectivity index (χ4n) is 2.21. The van der Waals surface area contributed by atoms with Crippen LogP contribution in [0.5, 0.6) is 0 Å². The van der Waals surface area contributed by atoms with Gasteiger partial charge < -0.3 is 9.52 Å². The molecule has 98 valence electrons. The molecule has 2 aromatic heterocycles. The highest BCUT2D eigenvalue weighted by Crippen LogP contribution is 2.46. The summed E-state index contributed by atoms with van der Waals surface area (Å²) in [6.45, 7) is 3.75. The molecule has 0 spiro atoms. The van der Waals surface area contributed by atoms with Gasteiger partial charge in [-0.3, -0.25) is 4.79 Å². The largest absolute Gasteiger partial charge is 0.481 e. The van der Waals surface area contributed by atoms with Gasteiger partial charge in [0.15, 0.2) is 5.76 Å². The predicted octanol–water partition coefficient (Wildman–Crippen LogP) is 2.54. The number of rotatable bonds is 3. The summed E-state index contributed by atoms with van der Waals surface area (Å²) in [5.74, 6) is 0.946. The monoisotopic (exact) mass is 258 g/mol. The Labute approximate surface area is 110 Å². The van der Waals surface area contributed by atoms with Crippen molar-refractivity contribution in [2.45, 2.75) is 26.2 Å². The second-order valence-corrected chi connectivity index (χ2v) is 4.95. The van der Waals surface area contributed by atoms with Crippen LogP contribution in [0.25, 0.3) is 11.5 Å². The van der Waals surface area contributed by atoms with E-state index in [1.165, 1.54) is 0 Å². The Bertz CT molecular complexity index is 648. The molecule has 2 heterocycles. The third-order valence-corrected chi connectivity index (χ3v) is 3.30. The predicted molar refractivity (Wildman–Crippen MR) is 67.7 cm³/mol. The van der Waals surface area contributed by atoms with E-state index >= 15 is 0 Å². The van der Waals surface area contributed by atoms with Crippen LogP contribution in [0.1, 0.15) is 29.6 Å². The van der Waals surface area contributed by atoms with Gasteiger partial charge in [0.2, 0.25) is 0 Å². The lowest BCUT2D eigenvalue weighted by atomic mass is 10.2. The molecule has 1 aliphatic carbocycles. The Hall–Kier alpha value is -2.17. The van der Waals surface area contributed by atoms with Crippen molar-refractivity contribution in [3.63, 3.8) is 0 Å². The van der Waals surface area contributed by atoms with Crippen LogP contribution in [0.3, 0.4) is 0 Å². The van der Waals surface area contributed by atoms with Crippen LogP contribution in [-0.4, -0.2) is 21.0 Å². The van der Waals surface area contributed by atoms with Crippen molar-refractivity contribution in [3.05, 3.63) is 35.5 Å². The van der Waals surface area contributed by atoms with Crippen LogP contribution < -0.4 is 0 Å².